The Morgan fingerprint density at radius 1 is 0.213 bits per heavy atom. The van der Waals surface area contributed by atoms with Gasteiger partial charge < -0.3 is 27.1 Å². The summed E-state index contributed by atoms with van der Waals surface area (Å²) in [5.41, 5.74) is 5.85. The zero-order valence-corrected chi connectivity index (χ0v) is 42.7. The van der Waals surface area contributed by atoms with E-state index >= 15 is 0 Å². The van der Waals surface area contributed by atoms with E-state index in [1.807, 2.05) is 36.4 Å². The second-order valence-corrected chi connectivity index (χ2v) is 25.6. The van der Waals surface area contributed by atoms with E-state index in [1.165, 1.54) is 0 Å². The van der Waals surface area contributed by atoms with Gasteiger partial charge in [0, 0.05) is 52.6 Å². The first-order valence-corrected chi connectivity index (χ1v) is 29.7. The minimum Gasteiger partial charge on any atom is -0.413 e. The summed E-state index contributed by atoms with van der Waals surface area (Å²) in [6.45, 7) is 0. The number of nitrogens with zero attached hydrogens (tertiary/aromatic N) is 3. The van der Waals surface area contributed by atoms with Crippen LogP contribution in [0.2, 0.25) is 0 Å². The van der Waals surface area contributed by atoms with Crippen molar-refractivity contribution in [1.82, 2.24) is 0 Å². The predicted molar refractivity (Wildman–Crippen MR) is 304 cm³/mol. The van der Waals surface area contributed by atoms with Crippen molar-refractivity contribution < 1.29 is 27.1 Å². The lowest BCUT2D eigenvalue weighted by Crippen LogP contribution is -2.16. The Balaban J connectivity index is 1.06. The highest BCUT2D eigenvalue weighted by Gasteiger charge is 2.51. The van der Waals surface area contributed by atoms with Crippen LogP contribution in [0.15, 0.2) is 232 Å². The fourth-order valence-electron chi connectivity index (χ4n) is 11.6. The highest BCUT2D eigenvalue weighted by molar-refractivity contribution is 7.79. The van der Waals surface area contributed by atoms with E-state index in [4.69, 9.17) is 40.7 Å². The van der Waals surface area contributed by atoms with Crippen LogP contribution in [0.4, 0.5) is 0 Å². The van der Waals surface area contributed by atoms with Crippen LogP contribution in [0.1, 0.15) is 33.4 Å². The predicted octanol–water partition coefficient (Wildman–Crippen LogP) is 18.9. The van der Waals surface area contributed by atoms with Crippen LogP contribution >= 0.6 is 23.0 Å². The lowest BCUT2D eigenvalue weighted by molar-refractivity contribution is 0.433. The fourth-order valence-corrected chi connectivity index (χ4v) is 20.8. The third kappa shape index (κ3) is 6.96. The van der Waals surface area contributed by atoms with Gasteiger partial charge in [0.2, 0.25) is 0 Å². The molecule has 0 N–H and O–H groups in total. The molecule has 0 saturated carbocycles. The summed E-state index contributed by atoms with van der Waals surface area (Å²) in [4.78, 5) is 0. The summed E-state index contributed by atoms with van der Waals surface area (Å²) in [7, 11) is -12.6. The van der Waals surface area contributed by atoms with Gasteiger partial charge in [0.15, 0.2) is 0 Å². The first kappa shape index (κ1) is 43.1. The van der Waals surface area contributed by atoms with Crippen molar-refractivity contribution in [1.29, 1.82) is 0 Å². The highest BCUT2D eigenvalue weighted by Crippen LogP contribution is 2.80. The Morgan fingerprint density at radius 3 is 0.573 bits per heavy atom. The summed E-state index contributed by atoms with van der Waals surface area (Å²) < 4.78 is 62.9. The molecular formula is C63H42N3O6P3. The van der Waals surface area contributed by atoms with Crippen molar-refractivity contribution in [2.24, 2.45) is 13.5 Å². The third-order valence-electron chi connectivity index (χ3n) is 15.0. The number of hydrogen-bond acceptors (Lipinski definition) is 9. The van der Waals surface area contributed by atoms with Gasteiger partial charge >= 0.3 is 23.0 Å². The second kappa shape index (κ2) is 16.3. The van der Waals surface area contributed by atoms with Crippen LogP contribution in [0.5, 0.6) is 34.5 Å². The molecule has 0 atom stereocenters. The standard InChI is InChI=1S/C63H42N3O6P3/c1-7-19-46-40(13-1)25-31-58-52(46)37-53-47-20-8-2-14-41(47)26-32-59(53)68-73(67-58)64-74(69-60-33-27-42-15-3-9-21-48(42)54(60)38-55-49-22-10-4-16-43(49)28-34-61(55)70-74)66-75(65-73)71-62-35-29-44-17-5-11-23-50(44)56(62)39-57-51-24-12-6-18-45(51)30-36-63(57)72-75/h1-36H,37-39H2. The van der Waals surface area contributed by atoms with E-state index in [2.05, 4.69) is 182 Å². The summed E-state index contributed by atoms with van der Waals surface area (Å²) in [6, 6.07) is 75.0. The largest absolute Gasteiger partial charge is 0.460 e. The van der Waals surface area contributed by atoms with Crippen LogP contribution in [0, 0.1) is 0 Å². The first-order valence-electron chi connectivity index (χ1n) is 25.1. The van der Waals surface area contributed by atoms with E-state index in [0.717, 1.165) is 98.0 Å². The number of rotatable bonds is 0. The van der Waals surface area contributed by atoms with E-state index < -0.39 is 23.0 Å². The molecular weight excluding hydrogens is 988 g/mol. The minimum absolute atomic E-state index is 0.514. The molecule has 360 valence electrons. The molecule has 4 aliphatic rings. The van der Waals surface area contributed by atoms with Gasteiger partial charge in [-0.25, -0.2) is 0 Å². The number of fused-ring (bicyclic) bond motifs is 18. The second-order valence-electron chi connectivity index (χ2n) is 19.4. The van der Waals surface area contributed by atoms with Crippen LogP contribution < -0.4 is 27.1 Å². The van der Waals surface area contributed by atoms with Crippen molar-refractivity contribution >= 4 is 87.6 Å². The molecule has 0 amide bonds. The lowest BCUT2D eigenvalue weighted by atomic mass is 9.93. The molecule has 9 nitrogen and oxygen atoms in total. The van der Waals surface area contributed by atoms with Gasteiger partial charge in [0.1, 0.15) is 34.5 Å². The molecule has 0 unspecified atom stereocenters. The van der Waals surface area contributed by atoms with Crippen LogP contribution in [0.25, 0.3) is 64.6 Å². The Hall–Kier alpha value is -8.31. The molecule has 4 heterocycles. The van der Waals surface area contributed by atoms with Crippen molar-refractivity contribution in [2.45, 2.75) is 19.3 Å². The normalized spacial score (nSPS) is 16.3. The SMILES string of the molecule is c1ccc2c3c(ccc2c1)OP1(=NP2(=NP4(=N1)Oc1ccc5ccccc5c1Cc1c(ccc5ccccc15)O4)Oc1ccc4ccccc4c1Cc1c(ccc4ccccc14)O2)Oc1ccc2ccccc2c1C3. The van der Waals surface area contributed by atoms with Gasteiger partial charge in [-0.3, -0.25) is 0 Å². The molecule has 3 spiro atoms. The minimum atomic E-state index is -4.20. The molecule has 0 fully saturated rings. The molecule has 12 aromatic rings. The number of hydrogen-bond donors (Lipinski definition) is 0. The number of benzene rings is 12. The van der Waals surface area contributed by atoms with Gasteiger partial charge in [-0.1, -0.05) is 196 Å². The molecule has 12 heteroatoms. The Labute approximate surface area is 431 Å². The monoisotopic (exact) mass is 1030 g/mol. The quantitative estimate of drug-likeness (QED) is 0.141. The first-order chi connectivity index (χ1) is 36.9. The third-order valence-corrected chi connectivity index (χ3v) is 23.1. The van der Waals surface area contributed by atoms with E-state index in [9.17, 15) is 0 Å². The van der Waals surface area contributed by atoms with Gasteiger partial charge in [-0.05, 0) is 101 Å². The maximum Gasteiger partial charge on any atom is 0.460 e. The van der Waals surface area contributed by atoms with Crippen molar-refractivity contribution in [2.75, 3.05) is 0 Å². The van der Waals surface area contributed by atoms with Gasteiger partial charge in [0.25, 0.3) is 0 Å². The summed E-state index contributed by atoms with van der Waals surface area (Å²) in [5.74, 6) is 3.42. The fraction of sp³-hybridized carbons (Fsp3) is 0.0476. The van der Waals surface area contributed by atoms with Crippen LogP contribution in [0.3, 0.4) is 0 Å². The van der Waals surface area contributed by atoms with Gasteiger partial charge in [-0.15, -0.1) is 0 Å². The Morgan fingerprint density at radius 2 is 0.387 bits per heavy atom. The van der Waals surface area contributed by atoms with Gasteiger partial charge in [0.05, 0.1) is 0 Å². The molecule has 12 aromatic carbocycles. The zero-order valence-electron chi connectivity index (χ0n) is 40.0. The molecule has 16 rings (SSSR count). The molecule has 0 saturated heterocycles. The average Bonchev–Trinajstić information content (AvgIpc) is 3.45. The molecule has 0 radical (unpaired) electrons. The summed E-state index contributed by atoms with van der Waals surface area (Å²) in [6.07, 6.45) is 1.54. The van der Waals surface area contributed by atoms with Crippen molar-refractivity contribution in [3.05, 3.63) is 252 Å². The van der Waals surface area contributed by atoms with Crippen LogP contribution in [-0.4, -0.2) is 0 Å². The summed E-state index contributed by atoms with van der Waals surface area (Å²) >= 11 is 0. The van der Waals surface area contributed by atoms with E-state index in [-0.39, 0.29) is 0 Å². The molecule has 0 aromatic heterocycles. The molecule has 0 bridgehead atoms. The molecule has 4 aliphatic heterocycles. The van der Waals surface area contributed by atoms with E-state index in [0.29, 0.717) is 53.8 Å². The van der Waals surface area contributed by atoms with Crippen molar-refractivity contribution in [3.8, 4) is 34.5 Å². The Kier molecular flexibility index (Phi) is 9.40. The maximum absolute atomic E-state index is 7.61. The molecule has 0 aliphatic carbocycles. The average molecular weight is 1030 g/mol. The zero-order chi connectivity index (χ0) is 49.3. The topological polar surface area (TPSA) is 92.5 Å². The Bertz CT molecular complexity index is 3910. The van der Waals surface area contributed by atoms with E-state index in [1.54, 1.807) is 0 Å². The van der Waals surface area contributed by atoms with Crippen LogP contribution in [-0.2, 0) is 19.3 Å². The van der Waals surface area contributed by atoms with Crippen molar-refractivity contribution in [3.63, 3.8) is 0 Å². The summed E-state index contributed by atoms with van der Waals surface area (Å²) in [5, 5.41) is 12.7. The maximum atomic E-state index is 7.61. The smallest absolute Gasteiger partial charge is 0.413 e. The lowest BCUT2D eigenvalue weighted by Gasteiger charge is -2.36. The molecule has 75 heavy (non-hydrogen) atoms. The van der Waals surface area contributed by atoms with Gasteiger partial charge in [-0.2, -0.15) is 0 Å². The highest BCUT2D eigenvalue weighted by atomic mass is 31.3.